The van der Waals surface area contributed by atoms with Gasteiger partial charge in [-0.15, -0.1) is 0 Å². The summed E-state index contributed by atoms with van der Waals surface area (Å²) < 4.78 is 0. The molecule has 0 amide bonds. The van der Waals surface area contributed by atoms with Crippen molar-refractivity contribution >= 4 is 9.05 Å². The maximum atomic E-state index is 7.33. The molecule has 0 spiro atoms. The van der Waals surface area contributed by atoms with Crippen molar-refractivity contribution in [3.8, 4) is 0 Å². The Bertz CT molecular complexity index is 35.1. The first-order valence-corrected chi connectivity index (χ1v) is 2.68. The van der Waals surface area contributed by atoms with Crippen molar-refractivity contribution in [2.24, 2.45) is 0 Å². The van der Waals surface area contributed by atoms with E-state index in [0.29, 0.717) is 0 Å². The molecular formula is H8LiNaO5Si. The van der Waals surface area contributed by atoms with E-state index in [1.807, 2.05) is 0 Å². The normalized spacial score (nSPS) is 7.50. The molecule has 0 rings (SSSR count). The van der Waals surface area contributed by atoms with Crippen LogP contribution >= 0.6 is 0 Å². The van der Waals surface area contributed by atoms with Gasteiger partial charge in [-0.05, 0) is 0 Å². The van der Waals surface area contributed by atoms with E-state index in [1.54, 1.807) is 0 Å². The second-order valence-electron chi connectivity index (χ2n) is 0.600. The van der Waals surface area contributed by atoms with Crippen LogP contribution in [0.1, 0.15) is 2.85 Å². The third kappa shape index (κ3) is 128. The summed E-state index contributed by atoms with van der Waals surface area (Å²) in [5.41, 5.74) is 0. The van der Waals surface area contributed by atoms with Gasteiger partial charge >= 0.3 is 57.5 Å². The Morgan fingerprint density at radius 2 is 1.00 bits per heavy atom. The van der Waals surface area contributed by atoms with E-state index in [1.165, 1.54) is 0 Å². The second-order valence-corrected chi connectivity index (χ2v) is 1.80. The minimum atomic E-state index is -4.61. The van der Waals surface area contributed by atoms with Gasteiger partial charge in [0, 0.05) is 0 Å². The van der Waals surface area contributed by atoms with E-state index in [0.717, 1.165) is 0 Å². The van der Waals surface area contributed by atoms with Crippen LogP contribution in [0.3, 0.4) is 0 Å². The fourth-order valence-corrected chi connectivity index (χ4v) is 0. The molecule has 8 heavy (non-hydrogen) atoms. The smallest absolute Gasteiger partial charge is 1.00 e. The molecule has 0 aromatic carbocycles. The fraction of sp³-hybridized carbons (Fsp3) is 0. The van der Waals surface area contributed by atoms with Gasteiger partial charge in [0.2, 0.25) is 0 Å². The Labute approximate surface area is 84.6 Å². The Morgan fingerprint density at radius 1 is 1.00 bits per heavy atom. The fourth-order valence-electron chi connectivity index (χ4n) is 0. The molecule has 6 N–H and O–H groups in total. The Hall–Kier alpha value is 1.61. The molecule has 0 unspecified atom stereocenters. The zero-order chi connectivity index (χ0) is 4.50. The quantitative estimate of drug-likeness (QED) is 0.254. The predicted octanol–water partition coefficient (Wildman–Crippen LogP) is -9.20. The summed E-state index contributed by atoms with van der Waals surface area (Å²) in [5, 5.41) is 0. The summed E-state index contributed by atoms with van der Waals surface area (Å²) in [7, 11) is -4.61. The summed E-state index contributed by atoms with van der Waals surface area (Å²) >= 11 is 0. The zero-order valence-corrected chi connectivity index (χ0v) is 7.79. The number of rotatable bonds is 0. The molecule has 0 radical (unpaired) electrons. The molecule has 0 aromatic rings. The molecule has 0 saturated carbocycles. The third-order valence-corrected chi connectivity index (χ3v) is 0. The number of hydrogen-bond acceptors (Lipinski definition) is 4. The average Bonchev–Trinajstić information content (AvgIpc) is 0.722. The van der Waals surface area contributed by atoms with E-state index in [4.69, 9.17) is 19.2 Å². The first-order valence-electron chi connectivity index (χ1n) is 0.894. The van der Waals surface area contributed by atoms with Gasteiger partial charge in [0.1, 0.15) is 0 Å². The van der Waals surface area contributed by atoms with Crippen molar-refractivity contribution in [3.05, 3.63) is 0 Å². The second kappa shape index (κ2) is 8.61. The summed E-state index contributed by atoms with van der Waals surface area (Å²) in [4.78, 5) is 29.3. The van der Waals surface area contributed by atoms with Crippen molar-refractivity contribution in [2.75, 3.05) is 0 Å². The maximum Gasteiger partial charge on any atom is 1.00 e. The van der Waals surface area contributed by atoms with Crippen molar-refractivity contribution in [1.29, 1.82) is 0 Å². The van der Waals surface area contributed by atoms with E-state index >= 15 is 0 Å². The Kier molecular flexibility index (Phi) is 24.4. The molecular weight excluding hydrogens is 138 g/mol. The van der Waals surface area contributed by atoms with Gasteiger partial charge in [-0.1, -0.05) is 0 Å². The molecule has 0 aliphatic heterocycles. The van der Waals surface area contributed by atoms with Gasteiger partial charge in [-0.2, -0.15) is 0 Å². The van der Waals surface area contributed by atoms with Crippen LogP contribution in [0.15, 0.2) is 0 Å². The summed E-state index contributed by atoms with van der Waals surface area (Å²) in [6, 6.07) is 0. The van der Waals surface area contributed by atoms with Crippen LogP contribution in [-0.2, 0) is 0 Å². The molecule has 0 aliphatic carbocycles. The molecule has 0 aromatic heterocycles. The van der Waals surface area contributed by atoms with E-state index in [-0.39, 0.29) is 56.7 Å². The molecule has 0 atom stereocenters. The van der Waals surface area contributed by atoms with Crippen LogP contribution in [0.4, 0.5) is 0 Å². The van der Waals surface area contributed by atoms with E-state index < -0.39 is 9.05 Å². The molecule has 5 nitrogen and oxygen atoms in total. The van der Waals surface area contributed by atoms with Crippen molar-refractivity contribution in [3.63, 3.8) is 0 Å². The average molecular weight is 146 g/mol. The Balaban J connectivity index is -0.00000000800. The van der Waals surface area contributed by atoms with Crippen LogP contribution in [0.25, 0.3) is 0 Å². The Morgan fingerprint density at radius 3 is 1.00 bits per heavy atom. The van der Waals surface area contributed by atoms with Gasteiger partial charge in [-0.3, -0.25) is 0 Å². The standard InChI is InChI=1S/Li.Na.H4O4Si.H2O.2H/c;;1-5(2,3)4;;;/h;;1-4H;1H2;;/q2*+1;;;2*-1. The SMILES string of the molecule is O.O[Si](O)(O)O.[H-].[H-].[Li+].[Na+]. The zero-order valence-electron chi connectivity index (χ0n) is 6.79. The maximum absolute atomic E-state index is 7.33. The minimum absolute atomic E-state index is 0. The van der Waals surface area contributed by atoms with Crippen molar-refractivity contribution < 1.29 is 75.9 Å². The van der Waals surface area contributed by atoms with Crippen LogP contribution in [0, 0.1) is 0 Å². The topological polar surface area (TPSA) is 112 Å². The summed E-state index contributed by atoms with van der Waals surface area (Å²) in [6.07, 6.45) is 0. The minimum Gasteiger partial charge on any atom is -1.00 e. The molecule has 0 heterocycles. The largest absolute Gasteiger partial charge is 1.00 e. The van der Waals surface area contributed by atoms with Crippen molar-refractivity contribution in [1.82, 2.24) is 0 Å². The monoisotopic (exact) mass is 146 g/mol. The third-order valence-electron chi connectivity index (χ3n) is 0. The molecule has 0 aliphatic rings. The van der Waals surface area contributed by atoms with Crippen LogP contribution in [-0.4, -0.2) is 33.7 Å². The molecule has 0 fully saturated rings. The predicted molar refractivity (Wildman–Crippen MR) is 20.5 cm³/mol. The van der Waals surface area contributed by atoms with Gasteiger partial charge < -0.3 is 27.5 Å². The number of hydrogen-bond donors (Lipinski definition) is 4. The van der Waals surface area contributed by atoms with Crippen LogP contribution < -0.4 is 48.4 Å². The van der Waals surface area contributed by atoms with Gasteiger partial charge in [0.05, 0.1) is 0 Å². The van der Waals surface area contributed by atoms with Crippen LogP contribution in [0.2, 0.25) is 0 Å². The van der Waals surface area contributed by atoms with Crippen molar-refractivity contribution in [2.45, 2.75) is 0 Å². The van der Waals surface area contributed by atoms with Gasteiger partial charge in [-0.25, -0.2) is 0 Å². The first-order chi connectivity index (χ1) is 2.00. The van der Waals surface area contributed by atoms with E-state index in [9.17, 15) is 0 Å². The van der Waals surface area contributed by atoms with Crippen LogP contribution in [0.5, 0.6) is 0 Å². The molecule has 8 heteroatoms. The summed E-state index contributed by atoms with van der Waals surface area (Å²) in [6.45, 7) is 0. The molecule has 0 saturated heterocycles. The van der Waals surface area contributed by atoms with E-state index in [2.05, 4.69) is 0 Å². The molecule has 44 valence electrons. The van der Waals surface area contributed by atoms with Gasteiger partial charge in [0.15, 0.2) is 0 Å². The molecule has 0 bridgehead atoms. The summed E-state index contributed by atoms with van der Waals surface area (Å²) in [5.74, 6) is 0. The van der Waals surface area contributed by atoms with Gasteiger partial charge in [0.25, 0.3) is 0 Å². The first kappa shape index (κ1) is 22.6.